The number of carbonyl (C=O) groups is 2. The Morgan fingerprint density at radius 2 is 1.66 bits per heavy atom. The van der Waals surface area contributed by atoms with Gasteiger partial charge in [-0.25, -0.2) is 0 Å². The number of rotatable bonds is 15. The third-order valence-electron chi connectivity index (χ3n) is 3.46. The molecule has 1 aromatic rings. The van der Waals surface area contributed by atoms with Crippen molar-refractivity contribution in [1.29, 1.82) is 0 Å². The van der Waals surface area contributed by atoms with Crippen molar-refractivity contribution >= 4 is 29.7 Å². The van der Waals surface area contributed by atoms with Gasteiger partial charge >= 0.3 is 5.97 Å². The number of carbonyl (C=O) groups excluding carboxylic acids is 3. The van der Waals surface area contributed by atoms with E-state index < -0.39 is 0 Å². The summed E-state index contributed by atoms with van der Waals surface area (Å²) in [6.45, 7) is 2.49. The zero-order chi connectivity index (χ0) is 20.6. The molecule has 4 N–H and O–H groups in total. The first-order valence-electron chi connectivity index (χ1n) is 8.69. The maximum atomic E-state index is 12.0. The number of hydrogen-bond donors (Lipinski definition) is 3. The number of hydrogen-bond acceptors (Lipinski definition) is 8. The van der Waals surface area contributed by atoms with Gasteiger partial charge in [-0.3, -0.25) is 9.59 Å². The number of esters is 1. The predicted octanol–water partition coefficient (Wildman–Crippen LogP) is 0.0906. The normalized spacial score (nSPS) is 9.97. The van der Waals surface area contributed by atoms with Crippen molar-refractivity contribution < 1.29 is 33.3 Å². The first kappa shape index (κ1) is 25.3. The maximum absolute atomic E-state index is 12.0. The molecule has 0 saturated carbocycles. The Morgan fingerprint density at radius 1 is 1.03 bits per heavy atom. The number of nitrogens with two attached hydrogens (primary N) is 1. The van der Waals surface area contributed by atoms with E-state index in [9.17, 15) is 14.4 Å². The van der Waals surface area contributed by atoms with E-state index in [1.807, 2.05) is 0 Å². The van der Waals surface area contributed by atoms with E-state index in [1.165, 1.54) is 25.7 Å². The molecule has 0 radical (unpaired) electrons. The number of anilines is 2. The molecule has 0 fully saturated rings. The molecule has 1 rings (SSSR count). The molecular weight excluding hydrogens is 627 g/mol. The molecule has 10 nitrogen and oxygen atoms in total. The second-order valence-electron chi connectivity index (χ2n) is 5.45. The topological polar surface area (TPSA) is 138 Å². The Labute approximate surface area is 163 Å². The summed E-state index contributed by atoms with van der Waals surface area (Å²) in [4.78, 5) is 33.3. The molecule has 0 aliphatic carbocycles. The van der Waals surface area contributed by atoms with Crippen molar-refractivity contribution in [3.05, 3.63) is 23.8 Å². The second-order valence-corrected chi connectivity index (χ2v) is 5.45. The molecule has 0 saturated heterocycles. The average molecular weight is 653 g/mol. The average Bonchev–Trinajstić information content (AvgIpc) is 2.70. The number of methoxy groups -OCH3 is 1. The fraction of sp³-hybridized carbons (Fsp3) is 0.500. The Bertz CT molecular complexity index is 631. The molecular formula is C18H26FmN3O7-. The van der Waals surface area contributed by atoms with Crippen molar-refractivity contribution in [2.75, 3.05) is 64.3 Å². The first-order valence-corrected chi connectivity index (χ1v) is 8.69. The van der Waals surface area contributed by atoms with Crippen molar-refractivity contribution in [3.8, 4) is 0 Å². The van der Waals surface area contributed by atoms with E-state index in [-0.39, 0.29) is 18.3 Å². The number of amides is 2. The van der Waals surface area contributed by atoms with Gasteiger partial charge in [-0.1, -0.05) is 17.8 Å². The minimum atomic E-state index is -0.311. The van der Waals surface area contributed by atoms with Crippen LogP contribution >= 0.6 is 0 Å². The SMILES string of the molecule is COC(=O)CCOCCOCCOCCNC(=O)c1ccc(N)c(N[C-]=O)c1.[Fm]. The summed E-state index contributed by atoms with van der Waals surface area (Å²) in [5.74, 6) is -0.618. The zero-order valence-corrected chi connectivity index (χ0v) is 18.5. The third kappa shape index (κ3) is 10.9. The third-order valence-corrected chi connectivity index (χ3v) is 3.46. The molecule has 0 aliphatic rings. The van der Waals surface area contributed by atoms with Crippen molar-refractivity contribution in [2.45, 2.75) is 6.42 Å². The molecule has 1 aromatic carbocycles. The summed E-state index contributed by atoms with van der Waals surface area (Å²) in [6, 6.07) is 4.56. The van der Waals surface area contributed by atoms with Crippen LogP contribution in [0.15, 0.2) is 18.2 Å². The van der Waals surface area contributed by atoms with Crippen LogP contribution in [0.25, 0.3) is 0 Å². The fourth-order valence-electron chi connectivity index (χ4n) is 2.00. The summed E-state index contributed by atoms with van der Waals surface area (Å²) < 4.78 is 20.3. The first-order chi connectivity index (χ1) is 13.6. The van der Waals surface area contributed by atoms with E-state index in [1.54, 1.807) is 6.07 Å². The quantitative estimate of drug-likeness (QED) is 0.0797. The monoisotopic (exact) mass is 653 g/mol. The van der Waals surface area contributed by atoms with Gasteiger partial charge in [0.05, 0.1) is 59.6 Å². The standard InChI is InChI=1S/C18H26N3O7.Fm/c1-25-17(23)4-6-26-8-10-28-11-9-27-7-5-20-18(24)14-2-3-15(19)16(12-14)21-13-22;/h2-3,12H,4-11,19H2,1H3,(H,20,24)(H,21,22);/q-1;. The number of nitrogen functional groups attached to an aromatic ring is 1. The number of nitrogens with one attached hydrogen (secondary N) is 2. The van der Waals surface area contributed by atoms with E-state index in [0.717, 1.165) is 0 Å². The van der Waals surface area contributed by atoms with Crippen LogP contribution in [-0.2, 0) is 28.5 Å². The largest absolute Gasteiger partial charge is 0.489 e. The van der Waals surface area contributed by atoms with E-state index >= 15 is 0 Å². The Hall–Kier alpha value is -3.69. The Morgan fingerprint density at radius 3 is 2.28 bits per heavy atom. The van der Waals surface area contributed by atoms with Crippen molar-refractivity contribution in [3.63, 3.8) is 0 Å². The Kier molecular flexibility index (Phi) is 13.4. The van der Waals surface area contributed by atoms with Crippen LogP contribution < -0.4 is 16.4 Å². The van der Waals surface area contributed by atoms with Gasteiger partial charge in [0.25, 0.3) is 0 Å². The van der Waals surface area contributed by atoms with Gasteiger partial charge in [0.15, 0.2) is 0 Å². The van der Waals surface area contributed by atoms with Crippen LogP contribution in [0.5, 0.6) is 0 Å². The molecule has 29 heavy (non-hydrogen) atoms. The molecule has 0 aromatic heterocycles. The molecule has 168 valence electrons. The van der Waals surface area contributed by atoms with Gasteiger partial charge in [0.2, 0.25) is 5.91 Å². The van der Waals surface area contributed by atoms with Crippen LogP contribution in [0.1, 0.15) is 16.8 Å². The smallest absolute Gasteiger partial charge is 0.307 e. The molecule has 0 unspecified atom stereocenters. The molecule has 0 heterocycles. The summed E-state index contributed by atoms with van der Waals surface area (Å²) in [5.41, 5.74) is 6.71. The van der Waals surface area contributed by atoms with Gasteiger partial charge in [0, 0.05) is 12.1 Å². The van der Waals surface area contributed by atoms with Crippen LogP contribution in [-0.4, -0.2) is 71.6 Å². The molecule has 0 atom stereocenters. The molecule has 11 heteroatoms. The van der Waals surface area contributed by atoms with Crippen molar-refractivity contribution in [1.82, 2.24) is 5.32 Å². The van der Waals surface area contributed by atoms with Crippen LogP contribution in [0.4, 0.5) is 11.4 Å². The summed E-state index contributed by atoms with van der Waals surface area (Å²) in [7, 11) is 1.33. The number of benzene rings is 1. The van der Waals surface area contributed by atoms with Crippen LogP contribution in [0, 0.1) is 0 Å². The summed E-state index contributed by atoms with van der Waals surface area (Å²) in [6.07, 6.45) is 1.74. The minimum Gasteiger partial charge on any atom is -0.489 e. The molecule has 0 aliphatic heterocycles. The van der Waals surface area contributed by atoms with Gasteiger partial charge in [-0.15, -0.1) is 6.07 Å². The maximum Gasteiger partial charge on any atom is 0.307 e. The summed E-state index contributed by atoms with van der Waals surface area (Å²) >= 11 is 0. The molecule has 2 amide bonds. The van der Waals surface area contributed by atoms with Gasteiger partial charge in [-0.2, -0.15) is 0 Å². The summed E-state index contributed by atoms with van der Waals surface area (Å²) in [5, 5.41) is 5.01. The van der Waals surface area contributed by atoms with Crippen LogP contribution in [0.2, 0.25) is 0 Å². The number of ether oxygens (including phenoxy) is 4. The second kappa shape index (κ2) is 15.4. The zero-order valence-electron chi connectivity index (χ0n) is 16.1. The molecule has 0 bridgehead atoms. The van der Waals surface area contributed by atoms with E-state index in [4.69, 9.17) is 19.9 Å². The Balaban J connectivity index is 0.00000784. The minimum absolute atomic E-state index is 0. The predicted molar refractivity (Wildman–Crippen MR) is 102 cm³/mol. The van der Waals surface area contributed by atoms with Crippen LogP contribution in [0.3, 0.4) is 0 Å². The van der Waals surface area contributed by atoms with Crippen molar-refractivity contribution in [2.24, 2.45) is 0 Å². The van der Waals surface area contributed by atoms with Gasteiger partial charge < -0.3 is 40.1 Å². The van der Waals surface area contributed by atoms with Gasteiger partial charge in [-0.05, 0) is 5.69 Å². The van der Waals surface area contributed by atoms with Gasteiger partial charge in [0.1, 0.15) is 0 Å². The fourth-order valence-corrected chi connectivity index (χ4v) is 2.00. The molecule has 0 spiro atoms. The van der Waals surface area contributed by atoms with E-state index in [2.05, 4.69) is 15.4 Å². The van der Waals surface area contributed by atoms with E-state index in [0.29, 0.717) is 63.1 Å².